The van der Waals surface area contributed by atoms with Crippen LogP contribution in [0.3, 0.4) is 0 Å². The summed E-state index contributed by atoms with van der Waals surface area (Å²) in [6.07, 6.45) is 0.325. The number of hydrogen-bond donors (Lipinski definition) is 4. The molecule has 1 unspecified atom stereocenters. The molecule has 1 atom stereocenters. The van der Waals surface area contributed by atoms with E-state index < -0.39 is 17.9 Å². The number of H-pyrrole nitrogens is 1. The van der Waals surface area contributed by atoms with E-state index in [2.05, 4.69) is 20.8 Å². The van der Waals surface area contributed by atoms with Crippen molar-refractivity contribution in [3.05, 3.63) is 30.0 Å². The van der Waals surface area contributed by atoms with E-state index >= 15 is 0 Å². The van der Waals surface area contributed by atoms with Crippen molar-refractivity contribution in [3.8, 4) is 0 Å². The van der Waals surface area contributed by atoms with Crippen LogP contribution in [-0.2, 0) is 9.59 Å². The third-order valence-corrected chi connectivity index (χ3v) is 3.29. The number of carbonyl (C=O) groups is 3. The standard InChI is InChI=1S/C15H18N4O4/c1-9(14(22)16-8-4-7-12(20)21)17-15(23)13-10-5-2-3-6-11(10)18-19-13/h2-3,5-6,9H,4,7-8H2,1H3,(H,16,22)(H,17,23)(H,18,19)(H,20,21). The van der Waals surface area contributed by atoms with Crippen LogP contribution < -0.4 is 10.6 Å². The Labute approximate surface area is 132 Å². The average molecular weight is 318 g/mol. The van der Waals surface area contributed by atoms with Crippen molar-refractivity contribution in [2.45, 2.75) is 25.8 Å². The summed E-state index contributed by atoms with van der Waals surface area (Å²) in [6.45, 7) is 1.80. The number of aromatic amines is 1. The molecule has 2 aromatic rings. The Morgan fingerprint density at radius 1 is 1.30 bits per heavy atom. The minimum atomic E-state index is -0.911. The van der Waals surface area contributed by atoms with E-state index in [4.69, 9.17) is 5.11 Å². The molecule has 0 fully saturated rings. The highest BCUT2D eigenvalue weighted by Crippen LogP contribution is 2.14. The Bertz CT molecular complexity index is 725. The lowest BCUT2D eigenvalue weighted by atomic mass is 10.2. The molecule has 0 radical (unpaired) electrons. The van der Waals surface area contributed by atoms with E-state index in [0.29, 0.717) is 11.8 Å². The van der Waals surface area contributed by atoms with Gasteiger partial charge in [-0.15, -0.1) is 0 Å². The van der Waals surface area contributed by atoms with Gasteiger partial charge in [-0.3, -0.25) is 19.5 Å². The lowest BCUT2D eigenvalue weighted by molar-refractivity contribution is -0.137. The zero-order valence-corrected chi connectivity index (χ0v) is 12.6. The number of rotatable bonds is 7. The maximum absolute atomic E-state index is 12.2. The number of carboxylic acids is 1. The van der Waals surface area contributed by atoms with Gasteiger partial charge in [0.15, 0.2) is 5.69 Å². The van der Waals surface area contributed by atoms with Gasteiger partial charge in [-0.1, -0.05) is 18.2 Å². The molecule has 1 aromatic carbocycles. The number of carbonyl (C=O) groups excluding carboxylic acids is 2. The molecule has 8 heteroatoms. The highest BCUT2D eigenvalue weighted by Gasteiger charge is 2.19. The Hall–Kier alpha value is -2.90. The molecule has 0 saturated carbocycles. The number of hydrogen-bond acceptors (Lipinski definition) is 4. The van der Waals surface area contributed by atoms with Gasteiger partial charge in [0.2, 0.25) is 5.91 Å². The highest BCUT2D eigenvalue weighted by atomic mass is 16.4. The zero-order valence-electron chi connectivity index (χ0n) is 12.6. The first-order chi connectivity index (χ1) is 11.0. The van der Waals surface area contributed by atoms with Crippen LogP contribution >= 0.6 is 0 Å². The molecular weight excluding hydrogens is 300 g/mol. The molecule has 0 bridgehead atoms. The van der Waals surface area contributed by atoms with Crippen LogP contribution in [0.1, 0.15) is 30.3 Å². The topological polar surface area (TPSA) is 124 Å². The number of amides is 2. The first-order valence-electron chi connectivity index (χ1n) is 7.22. The number of nitrogens with one attached hydrogen (secondary N) is 3. The number of aromatic nitrogens is 2. The second-order valence-corrected chi connectivity index (χ2v) is 5.10. The summed E-state index contributed by atoms with van der Waals surface area (Å²) in [5, 5.41) is 21.1. The van der Waals surface area contributed by atoms with Crippen LogP contribution in [0.5, 0.6) is 0 Å². The molecular formula is C15H18N4O4. The number of carboxylic acid groups (broad SMARTS) is 1. The van der Waals surface area contributed by atoms with Crippen LogP contribution in [-0.4, -0.2) is 45.7 Å². The predicted octanol–water partition coefficient (Wildman–Crippen LogP) is 0.662. The summed E-state index contributed by atoms with van der Waals surface area (Å²) >= 11 is 0. The molecule has 23 heavy (non-hydrogen) atoms. The summed E-state index contributed by atoms with van der Waals surface area (Å²) in [4.78, 5) is 34.4. The van der Waals surface area contributed by atoms with Gasteiger partial charge in [-0.05, 0) is 19.4 Å². The Morgan fingerprint density at radius 3 is 2.78 bits per heavy atom. The van der Waals surface area contributed by atoms with Gasteiger partial charge >= 0.3 is 5.97 Å². The van der Waals surface area contributed by atoms with Crippen LogP contribution in [0.2, 0.25) is 0 Å². The Kier molecular flexibility index (Phi) is 5.29. The van der Waals surface area contributed by atoms with Gasteiger partial charge in [0.25, 0.3) is 5.91 Å². The van der Waals surface area contributed by atoms with Crippen LogP contribution in [0, 0.1) is 0 Å². The summed E-state index contributed by atoms with van der Waals surface area (Å²) < 4.78 is 0. The monoisotopic (exact) mass is 318 g/mol. The summed E-state index contributed by atoms with van der Waals surface area (Å²) in [5.41, 5.74) is 0.967. The molecule has 0 spiro atoms. The van der Waals surface area contributed by atoms with Crippen LogP contribution in [0.25, 0.3) is 10.9 Å². The fourth-order valence-electron chi connectivity index (χ4n) is 2.07. The normalized spacial score (nSPS) is 11.9. The second kappa shape index (κ2) is 7.39. The largest absolute Gasteiger partial charge is 0.481 e. The first-order valence-corrected chi connectivity index (χ1v) is 7.22. The molecule has 0 aliphatic carbocycles. The molecule has 4 N–H and O–H groups in total. The van der Waals surface area contributed by atoms with Crippen molar-refractivity contribution in [3.63, 3.8) is 0 Å². The third kappa shape index (κ3) is 4.29. The number of aliphatic carboxylic acids is 1. The lowest BCUT2D eigenvalue weighted by Gasteiger charge is -2.13. The molecule has 8 nitrogen and oxygen atoms in total. The van der Waals surface area contributed by atoms with Crippen molar-refractivity contribution in [1.29, 1.82) is 0 Å². The molecule has 0 aliphatic rings. The van der Waals surface area contributed by atoms with E-state index in [1.807, 2.05) is 6.07 Å². The van der Waals surface area contributed by atoms with Crippen molar-refractivity contribution < 1.29 is 19.5 Å². The molecule has 1 heterocycles. The third-order valence-electron chi connectivity index (χ3n) is 3.29. The number of benzene rings is 1. The zero-order chi connectivity index (χ0) is 16.8. The summed E-state index contributed by atoms with van der Waals surface area (Å²) in [7, 11) is 0. The minimum absolute atomic E-state index is 0.0136. The van der Waals surface area contributed by atoms with Crippen molar-refractivity contribution in [1.82, 2.24) is 20.8 Å². The smallest absolute Gasteiger partial charge is 0.303 e. The quantitative estimate of drug-likeness (QED) is 0.558. The van der Waals surface area contributed by atoms with E-state index in [9.17, 15) is 14.4 Å². The number of para-hydroxylation sites is 1. The fourth-order valence-corrected chi connectivity index (χ4v) is 2.07. The molecule has 122 valence electrons. The molecule has 0 saturated heterocycles. The van der Waals surface area contributed by atoms with Gasteiger partial charge in [0.1, 0.15) is 6.04 Å². The molecule has 2 amide bonds. The average Bonchev–Trinajstić information content (AvgIpc) is 2.95. The van der Waals surface area contributed by atoms with E-state index in [0.717, 1.165) is 5.52 Å². The first kappa shape index (κ1) is 16.5. The highest BCUT2D eigenvalue weighted by molar-refractivity contribution is 6.05. The van der Waals surface area contributed by atoms with E-state index in [1.54, 1.807) is 25.1 Å². The number of fused-ring (bicyclic) bond motifs is 1. The van der Waals surface area contributed by atoms with Gasteiger partial charge in [-0.2, -0.15) is 5.10 Å². The van der Waals surface area contributed by atoms with Gasteiger partial charge in [0.05, 0.1) is 5.52 Å². The maximum Gasteiger partial charge on any atom is 0.303 e. The molecule has 2 rings (SSSR count). The summed E-state index contributed by atoms with van der Waals surface area (Å²) in [6, 6.07) is 6.45. The lowest BCUT2D eigenvalue weighted by Crippen LogP contribution is -2.45. The molecule has 1 aromatic heterocycles. The number of nitrogens with zero attached hydrogens (tertiary/aromatic N) is 1. The van der Waals surface area contributed by atoms with Crippen LogP contribution in [0.4, 0.5) is 0 Å². The van der Waals surface area contributed by atoms with Gasteiger partial charge in [0, 0.05) is 18.4 Å². The predicted molar refractivity (Wildman–Crippen MR) is 82.9 cm³/mol. The van der Waals surface area contributed by atoms with Crippen molar-refractivity contribution in [2.75, 3.05) is 6.54 Å². The van der Waals surface area contributed by atoms with Crippen LogP contribution in [0.15, 0.2) is 24.3 Å². The maximum atomic E-state index is 12.2. The fraction of sp³-hybridized carbons (Fsp3) is 0.333. The second-order valence-electron chi connectivity index (χ2n) is 5.10. The van der Waals surface area contributed by atoms with E-state index in [1.165, 1.54) is 0 Å². The minimum Gasteiger partial charge on any atom is -0.481 e. The van der Waals surface area contributed by atoms with Gasteiger partial charge in [-0.25, -0.2) is 0 Å². The SMILES string of the molecule is CC(NC(=O)c1n[nH]c2ccccc12)C(=O)NCCCC(=O)O. The van der Waals surface area contributed by atoms with Gasteiger partial charge < -0.3 is 15.7 Å². The van der Waals surface area contributed by atoms with E-state index in [-0.39, 0.29) is 24.6 Å². The van der Waals surface area contributed by atoms with Crippen molar-refractivity contribution in [2.24, 2.45) is 0 Å². The summed E-state index contributed by atoms with van der Waals surface area (Å²) in [5.74, 6) is -1.73. The molecule has 0 aliphatic heterocycles. The Balaban J connectivity index is 1.89. The Morgan fingerprint density at radius 2 is 2.04 bits per heavy atom. The van der Waals surface area contributed by atoms with Crippen molar-refractivity contribution >= 4 is 28.7 Å².